The van der Waals surface area contributed by atoms with Crippen LogP contribution in [0, 0.1) is 13.8 Å². The van der Waals surface area contributed by atoms with Gasteiger partial charge in [-0.3, -0.25) is 9.10 Å². The number of aryl methyl sites for hydroxylation is 2. The van der Waals surface area contributed by atoms with Gasteiger partial charge in [0.05, 0.1) is 30.8 Å². The number of methoxy groups -OCH3 is 1. The first kappa shape index (κ1) is 23.5. The van der Waals surface area contributed by atoms with Gasteiger partial charge in [0, 0.05) is 17.0 Å². The van der Waals surface area contributed by atoms with Crippen molar-refractivity contribution in [2.75, 3.05) is 24.2 Å². The van der Waals surface area contributed by atoms with Crippen LogP contribution in [0.25, 0.3) is 10.9 Å². The van der Waals surface area contributed by atoms with Gasteiger partial charge in [0.2, 0.25) is 10.0 Å². The van der Waals surface area contributed by atoms with E-state index in [4.69, 9.17) is 16.3 Å². The average molecular weight is 475 g/mol. The maximum absolute atomic E-state index is 12.4. The van der Waals surface area contributed by atoms with Gasteiger partial charge in [0.15, 0.2) is 0 Å². The Morgan fingerprint density at radius 2 is 1.97 bits per heavy atom. The van der Waals surface area contributed by atoms with E-state index in [1.165, 1.54) is 6.21 Å². The lowest BCUT2D eigenvalue weighted by Gasteiger charge is -2.23. The topological polar surface area (TPSA) is 101 Å². The largest absolute Gasteiger partial charge is 0.497 e. The molecule has 1 amide bonds. The molecule has 8 nitrogen and oxygen atoms in total. The Labute approximate surface area is 191 Å². The van der Waals surface area contributed by atoms with Gasteiger partial charge in [-0.2, -0.15) is 5.10 Å². The van der Waals surface area contributed by atoms with E-state index in [2.05, 4.69) is 15.5 Å². The number of halogens is 1. The second kappa shape index (κ2) is 9.54. The molecule has 0 saturated carbocycles. The molecule has 1 aromatic heterocycles. The molecule has 2 aromatic carbocycles. The second-order valence-corrected chi connectivity index (χ2v) is 9.54. The maximum Gasteiger partial charge on any atom is 0.260 e. The van der Waals surface area contributed by atoms with Crippen molar-refractivity contribution in [2.45, 2.75) is 13.8 Å². The molecule has 0 bridgehead atoms. The van der Waals surface area contributed by atoms with Gasteiger partial charge < -0.3 is 4.74 Å². The highest BCUT2D eigenvalue weighted by molar-refractivity contribution is 7.92. The zero-order valence-electron chi connectivity index (χ0n) is 18.1. The van der Waals surface area contributed by atoms with E-state index >= 15 is 0 Å². The van der Waals surface area contributed by atoms with Crippen LogP contribution in [0.5, 0.6) is 5.75 Å². The van der Waals surface area contributed by atoms with Crippen molar-refractivity contribution < 1.29 is 17.9 Å². The minimum absolute atomic E-state index is 0.205. The summed E-state index contributed by atoms with van der Waals surface area (Å²) in [5.74, 6) is 0.0650. The van der Waals surface area contributed by atoms with Crippen molar-refractivity contribution >= 4 is 50.3 Å². The number of nitrogens with zero attached hydrogens (tertiary/aromatic N) is 3. The standard InChI is InChI=1S/C22H23ClN4O4S/c1-14-5-8-20(15(2)9-14)27(32(4,29)30)13-21(28)26-24-12-17-10-16-6-7-18(31-3)11-19(16)25-22(17)23/h5-12H,13H2,1-4H3,(H,26,28)/b24-12-. The van der Waals surface area contributed by atoms with Crippen LogP contribution in [-0.4, -0.2) is 45.4 Å². The van der Waals surface area contributed by atoms with Crippen LogP contribution < -0.4 is 14.5 Å². The van der Waals surface area contributed by atoms with Crippen molar-refractivity contribution in [3.63, 3.8) is 0 Å². The highest BCUT2D eigenvalue weighted by atomic mass is 35.5. The average Bonchev–Trinajstić information content (AvgIpc) is 2.71. The number of anilines is 1. The number of sulfonamides is 1. The fourth-order valence-electron chi connectivity index (χ4n) is 3.16. The van der Waals surface area contributed by atoms with E-state index in [1.807, 2.05) is 19.1 Å². The van der Waals surface area contributed by atoms with Crippen LogP contribution in [0.15, 0.2) is 47.6 Å². The molecule has 1 N–H and O–H groups in total. The summed E-state index contributed by atoms with van der Waals surface area (Å²) >= 11 is 6.23. The third kappa shape index (κ3) is 5.54. The quantitative estimate of drug-likeness (QED) is 0.321. The molecule has 3 aromatic rings. The second-order valence-electron chi connectivity index (χ2n) is 7.28. The van der Waals surface area contributed by atoms with E-state index in [-0.39, 0.29) is 5.15 Å². The Morgan fingerprint density at radius 3 is 2.62 bits per heavy atom. The van der Waals surface area contributed by atoms with E-state index in [9.17, 15) is 13.2 Å². The Hall–Kier alpha value is -3.17. The minimum atomic E-state index is -3.68. The Morgan fingerprint density at radius 1 is 1.22 bits per heavy atom. The number of carbonyl (C=O) groups excluding carboxylic acids is 1. The maximum atomic E-state index is 12.4. The predicted octanol–water partition coefficient (Wildman–Crippen LogP) is 3.43. The molecule has 0 atom stereocenters. The minimum Gasteiger partial charge on any atom is -0.497 e. The molecular weight excluding hydrogens is 452 g/mol. The van der Waals surface area contributed by atoms with Gasteiger partial charge in [0.1, 0.15) is 17.4 Å². The normalized spacial score (nSPS) is 11.7. The molecule has 0 aliphatic heterocycles. The first-order valence-corrected chi connectivity index (χ1v) is 11.8. The van der Waals surface area contributed by atoms with E-state index in [0.29, 0.717) is 22.5 Å². The van der Waals surface area contributed by atoms with Crippen molar-refractivity contribution in [2.24, 2.45) is 5.10 Å². The first-order valence-electron chi connectivity index (χ1n) is 9.59. The summed E-state index contributed by atoms with van der Waals surface area (Å²) in [6.07, 6.45) is 2.41. The van der Waals surface area contributed by atoms with Crippen molar-refractivity contribution in [1.29, 1.82) is 0 Å². The number of hydrogen-bond donors (Lipinski definition) is 1. The number of rotatable bonds is 7. The Kier molecular flexibility index (Phi) is 7.00. The molecule has 0 radical (unpaired) electrons. The highest BCUT2D eigenvalue weighted by Gasteiger charge is 2.22. The zero-order valence-corrected chi connectivity index (χ0v) is 19.7. The third-order valence-electron chi connectivity index (χ3n) is 4.71. The number of benzene rings is 2. The molecule has 168 valence electrons. The summed E-state index contributed by atoms with van der Waals surface area (Å²) in [7, 11) is -2.12. The summed E-state index contributed by atoms with van der Waals surface area (Å²) in [6, 6.07) is 12.5. The van der Waals surface area contributed by atoms with Gasteiger partial charge in [-0.25, -0.2) is 18.8 Å². The fourth-order valence-corrected chi connectivity index (χ4v) is 4.27. The molecule has 32 heavy (non-hydrogen) atoms. The molecule has 0 aliphatic carbocycles. The summed E-state index contributed by atoms with van der Waals surface area (Å²) in [5.41, 5.74) is 5.69. The number of nitrogens with one attached hydrogen (secondary N) is 1. The zero-order chi connectivity index (χ0) is 23.5. The number of hydrogen-bond acceptors (Lipinski definition) is 6. The van der Waals surface area contributed by atoms with E-state index in [0.717, 1.165) is 27.1 Å². The van der Waals surface area contributed by atoms with Crippen LogP contribution in [0.2, 0.25) is 5.15 Å². The van der Waals surface area contributed by atoms with E-state index < -0.39 is 22.5 Å². The molecular formula is C22H23ClN4O4S. The van der Waals surface area contributed by atoms with Crippen molar-refractivity contribution in [1.82, 2.24) is 10.4 Å². The van der Waals surface area contributed by atoms with Crippen LogP contribution >= 0.6 is 11.6 Å². The third-order valence-corrected chi connectivity index (χ3v) is 6.14. The molecule has 0 spiro atoms. The Bertz CT molecular complexity index is 1310. The molecule has 1 heterocycles. The fraction of sp³-hybridized carbons (Fsp3) is 0.227. The Balaban J connectivity index is 1.76. The SMILES string of the molecule is COc1ccc2cc(/C=N\NC(=O)CN(c3ccc(C)cc3C)S(C)(=O)=O)c(Cl)nc2c1. The van der Waals surface area contributed by atoms with Crippen LogP contribution in [0.4, 0.5) is 5.69 Å². The van der Waals surface area contributed by atoms with E-state index in [1.54, 1.807) is 44.4 Å². The molecule has 10 heteroatoms. The number of fused-ring (bicyclic) bond motifs is 1. The highest BCUT2D eigenvalue weighted by Crippen LogP contribution is 2.24. The molecule has 0 unspecified atom stereocenters. The number of hydrazone groups is 1. The van der Waals surface area contributed by atoms with Gasteiger partial charge in [-0.05, 0) is 43.7 Å². The van der Waals surface area contributed by atoms with Crippen LogP contribution in [0.3, 0.4) is 0 Å². The predicted molar refractivity (Wildman–Crippen MR) is 127 cm³/mol. The lowest BCUT2D eigenvalue weighted by molar-refractivity contribution is -0.119. The summed E-state index contributed by atoms with van der Waals surface area (Å²) in [5, 5.41) is 4.94. The number of carbonyl (C=O) groups is 1. The molecule has 0 fully saturated rings. The smallest absolute Gasteiger partial charge is 0.260 e. The first-order chi connectivity index (χ1) is 15.1. The lowest BCUT2D eigenvalue weighted by Crippen LogP contribution is -2.39. The van der Waals surface area contributed by atoms with Gasteiger partial charge in [0.25, 0.3) is 5.91 Å². The van der Waals surface area contributed by atoms with Gasteiger partial charge >= 0.3 is 0 Å². The van der Waals surface area contributed by atoms with Gasteiger partial charge in [-0.1, -0.05) is 29.3 Å². The summed E-state index contributed by atoms with van der Waals surface area (Å²) in [4.78, 5) is 16.7. The number of amides is 1. The molecule has 3 rings (SSSR count). The molecule has 0 saturated heterocycles. The van der Waals surface area contributed by atoms with Gasteiger partial charge in [-0.15, -0.1) is 0 Å². The molecule has 0 aliphatic rings. The number of pyridine rings is 1. The monoisotopic (exact) mass is 474 g/mol. The number of ether oxygens (including phenoxy) is 1. The summed E-state index contributed by atoms with van der Waals surface area (Å²) < 4.78 is 30.8. The van der Waals surface area contributed by atoms with Crippen molar-refractivity contribution in [3.8, 4) is 5.75 Å². The lowest BCUT2D eigenvalue weighted by atomic mass is 10.1. The van der Waals surface area contributed by atoms with Crippen molar-refractivity contribution in [3.05, 3.63) is 64.3 Å². The number of aromatic nitrogens is 1. The van der Waals surface area contributed by atoms with Crippen LogP contribution in [0.1, 0.15) is 16.7 Å². The van der Waals surface area contributed by atoms with Crippen LogP contribution in [-0.2, 0) is 14.8 Å². The summed E-state index contributed by atoms with van der Waals surface area (Å²) in [6.45, 7) is 3.29.